The van der Waals surface area contributed by atoms with Crippen molar-refractivity contribution in [3.63, 3.8) is 0 Å². The van der Waals surface area contributed by atoms with Gasteiger partial charge in [-0.2, -0.15) is 11.8 Å². The van der Waals surface area contributed by atoms with Crippen LogP contribution in [0.3, 0.4) is 0 Å². The van der Waals surface area contributed by atoms with E-state index in [2.05, 4.69) is 5.32 Å². The van der Waals surface area contributed by atoms with Crippen LogP contribution in [0.5, 0.6) is 11.5 Å². The zero-order valence-corrected chi connectivity index (χ0v) is 20.6. The van der Waals surface area contributed by atoms with Gasteiger partial charge in [0, 0.05) is 28.6 Å². The van der Waals surface area contributed by atoms with Crippen molar-refractivity contribution in [1.29, 1.82) is 0 Å². The predicted octanol–water partition coefficient (Wildman–Crippen LogP) is 3.32. The summed E-state index contributed by atoms with van der Waals surface area (Å²) < 4.78 is 21.5. The topological polar surface area (TPSA) is 100 Å². The van der Waals surface area contributed by atoms with Gasteiger partial charge in [0.25, 0.3) is 0 Å². The van der Waals surface area contributed by atoms with Crippen molar-refractivity contribution in [2.45, 2.75) is 33.1 Å². The maximum absolute atomic E-state index is 13.7. The van der Waals surface area contributed by atoms with Crippen molar-refractivity contribution in [3.05, 3.63) is 46.3 Å². The fourth-order valence-corrected chi connectivity index (χ4v) is 5.28. The number of carbonyl (C=O) groups excluding carboxylic acids is 3. The molecule has 182 valence electrons. The van der Waals surface area contributed by atoms with Gasteiger partial charge in [0.05, 0.1) is 12.7 Å². The largest absolute Gasteiger partial charge is 0.468 e. The highest BCUT2D eigenvalue weighted by molar-refractivity contribution is 7.99. The van der Waals surface area contributed by atoms with E-state index in [1.54, 1.807) is 23.9 Å². The van der Waals surface area contributed by atoms with E-state index >= 15 is 0 Å². The van der Waals surface area contributed by atoms with Gasteiger partial charge in [-0.15, -0.1) is 0 Å². The van der Waals surface area contributed by atoms with Crippen LogP contribution in [0.25, 0.3) is 0 Å². The first-order chi connectivity index (χ1) is 16.4. The molecule has 3 unspecified atom stereocenters. The number of nitrogens with one attached hydrogen (secondary N) is 1. The van der Waals surface area contributed by atoms with Gasteiger partial charge < -0.3 is 24.3 Å². The molecule has 3 atom stereocenters. The molecule has 0 radical (unpaired) electrons. The van der Waals surface area contributed by atoms with Gasteiger partial charge in [0.1, 0.15) is 12.5 Å². The molecule has 0 aromatic heterocycles. The quantitative estimate of drug-likeness (QED) is 0.353. The molecule has 0 spiro atoms. The monoisotopic (exact) mass is 487 g/mol. The average Bonchev–Trinajstić information content (AvgIpc) is 3.28. The Morgan fingerprint density at radius 1 is 1.24 bits per heavy atom. The molecule has 0 amide bonds. The molecule has 0 fully saturated rings. The Labute approximate surface area is 203 Å². The number of rotatable bonds is 7. The van der Waals surface area contributed by atoms with E-state index in [4.69, 9.17) is 18.9 Å². The number of Topliss-reactive ketones (excluding diaryl/α,β-unsaturated/α-hetero) is 1. The molecule has 2 aliphatic heterocycles. The van der Waals surface area contributed by atoms with E-state index in [0.29, 0.717) is 46.1 Å². The second-order valence-electron chi connectivity index (χ2n) is 8.48. The van der Waals surface area contributed by atoms with Crippen LogP contribution in [0.1, 0.15) is 38.7 Å². The summed E-state index contributed by atoms with van der Waals surface area (Å²) in [6.07, 6.45) is 0.481. The van der Waals surface area contributed by atoms with E-state index < -0.39 is 23.8 Å². The van der Waals surface area contributed by atoms with Crippen LogP contribution < -0.4 is 14.8 Å². The molecule has 0 saturated heterocycles. The minimum absolute atomic E-state index is 0.110. The Morgan fingerprint density at radius 3 is 2.74 bits per heavy atom. The molecule has 1 aliphatic carbocycles. The summed E-state index contributed by atoms with van der Waals surface area (Å²) in [6.45, 7) is 6.08. The number of ether oxygens (including phenoxy) is 4. The summed E-state index contributed by atoms with van der Waals surface area (Å²) in [5.41, 5.74) is 2.79. The minimum atomic E-state index is -0.932. The molecular weight excluding hydrogens is 458 g/mol. The Bertz CT molecular complexity index is 1080. The Morgan fingerprint density at radius 2 is 2.00 bits per heavy atom. The fraction of sp³-hybridized carbons (Fsp3) is 0.480. The Hall–Kier alpha value is -2.94. The molecule has 1 N–H and O–H groups in total. The van der Waals surface area contributed by atoms with Gasteiger partial charge in [-0.25, -0.2) is 4.79 Å². The SMILES string of the molecule is CCSCCOC(=O)C1=C(C)NC2=C(C(=O)C(C(=O)OC)C(C)C2)C1c1ccc2c(c1)OCO2. The second kappa shape index (κ2) is 10.1. The third-order valence-electron chi connectivity index (χ3n) is 6.36. The van der Waals surface area contributed by atoms with Crippen molar-refractivity contribution in [2.24, 2.45) is 11.8 Å². The van der Waals surface area contributed by atoms with Crippen LogP contribution in [0.15, 0.2) is 40.7 Å². The molecule has 1 aromatic rings. The molecule has 34 heavy (non-hydrogen) atoms. The molecule has 4 rings (SSSR count). The first-order valence-electron chi connectivity index (χ1n) is 11.3. The van der Waals surface area contributed by atoms with Crippen LogP contribution in [0.4, 0.5) is 0 Å². The van der Waals surface area contributed by atoms with E-state index in [-0.39, 0.29) is 25.1 Å². The van der Waals surface area contributed by atoms with E-state index in [9.17, 15) is 14.4 Å². The lowest BCUT2D eigenvalue weighted by Crippen LogP contribution is -2.43. The molecule has 0 bridgehead atoms. The molecule has 2 heterocycles. The molecule has 9 heteroatoms. The third-order valence-corrected chi connectivity index (χ3v) is 7.22. The zero-order chi connectivity index (χ0) is 24.4. The van der Waals surface area contributed by atoms with E-state index in [0.717, 1.165) is 11.4 Å². The van der Waals surface area contributed by atoms with Crippen LogP contribution in [-0.4, -0.2) is 49.7 Å². The zero-order valence-electron chi connectivity index (χ0n) is 19.8. The minimum Gasteiger partial charge on any atom is -0.468 e. The maximum atomic E-state index is 13.7. The van der Waals surface area contributed by atoms with Crippen molar-refractivity contribution < 1.29 is 33.3 Å². The predicted molar refractivity (Wildman–Crippen MR) is 126 cm³/mol. The van der Waals surface area contributed by atoms with Crippen LogP contribution >= 0.6 is 11.8 Å². The van der Waals surface area contributed by atoms with Crippen LogP contribution in [0.2, 0.25) is 0 Å². The number of esters is 2. The highest BCUT2D eigenvalue weighted by Gasteiger charge is 2.47. The lowest BCUT2D eigenvalue weighted by atomic mass is 9.69. The van der Waals surface area contributed by atoms with Gasteiger partial charge in [0.15, 0.2) is 17.3 Å². The molecule has 8 nitrogen and oxygen atoms in total. The van der Waals surface area contributed by atoms with Crippen molar-refractivity contribution in [3.8, 4) is 11.5 Å². The highest BCUT2D eigenvalue weighted by atomic mass is 32.2. The lowest BCUT2D eigenvalue weighted by molar-refractivity contribution is -0.151. The number of hydrogen-bond acceptors (Lipinski definition) is 9. The van der Waals surface area contributed by atoms with Gasteiger partial charge in [-0.1, -0.05) is 19.9 Å². The fourth-order valence-electron chi connectivity index (χ4n) is 4.79. The van der Waals surface area contributed by atoms with Crippen molar-refractivity contribution in [2.75, 3.05) is 32.0 Å². The highest BCUT2D eigenvalue weighted by Crippen LogP contribution is 2.47. The molecule has 0 saturated carbocycles. The van der Waals surface area contributed by atoms with E-state index in [1.807, 2.05) is 26.8 Å². The lowest BCUT2D eigenvalue weighted by Gasteiger charge is -2.38. The van der Waals surface area contributed by atoms with Gasteiger partial charge in [-0.05, 0) is 42.7 Å². The number of methoxy groups -OCH3 is 1. The standard InChI is InChI=1S/C25H29NO7S/c1-5-34-9-8-31-25(29)20-14(3)26-16-10-13(2)19(24(28)30-4)23(27)22(16)21(20)15-6-7-17-18(11-15)33-12-32-17/h6-7,11,13,19,21,26H,5,8-10,12H2,1-4H3. The molecular formula is C25H29NO7S. The average molecular weight is 488 g/mol. The van der Waals surface area contributed by atoms with Crippen LogP contribution in [-0.2, 0) is 23.9 Å². The number of carbonyl (C=O) groups is 3. The van der Waals surface area contributed by atoms with E-state index in [1.165, 1.54) is 7.11 Å². The maximum Gasteiger partial charge on any atom is 0.336 e. The number of hydrogen-bond donors (Lipinski definition) is 1. The molecule has 1 aromatic carbocycles. The van der Waals surface area contributed by atoms with Gasteiger partial charge >= 0.3 is 11.9 Å². The summed E-state index contributed by atoms with van der Waals surface area (Å²) in [4.78, 5) is 39.5. The number of fused-ring (bicyclic) bond motifs is 1. The smallest absolute Gasteiger partial charge is 0.336 e. The van der Waals surface area contributed by atoms with Crippen molar-refractivity contribution in [1.82, 2.24) is 5.32 Å². The van der Waals surface area contributed by atoms with Crippen molar-refractivity contribution >= 4 is 29.5 Å². The first kappa shape index (κ1) is 24.2. The second-order valence-corrected chi connectivity index (χ2v) is 9.87. The number of allylic oxidation sites excluding steroid dienone is 3. The van der Waals surface area contributed by atoms with Gasteiger partial charge in [0.2, 0.25) is 6.79 Å². The normalized spacial score (nSPS) is 23.4. The molecule has 3 aliphatic rings. The first-order valence-corrected chi connectivity index (χ1v) is 12.5. The number of benzene rings is 1. The number of thioether (sulfide) groups is 1. The summed E-state index contributed by atoms with van der Waals surface area (Å²) in [5.74, 6) is -0.510. The number of dihydropyridines is 1. The van der Waals surface area contributed by atoms with Crippen LogP contribution in [0, 0.1) is 11.8 Å². The third kappa shape index (κ3) is 4.41. The summed E-state index contributed by atoms with van der Waals surface area (Å²) in [7, 11) is 1.28. The number of ketones is 1. The summed E-state index contributed by atoms with van der Waals surface area (Å²) >= 11 is 1.68. The van der Waals surface area contributed by atoms with Gasteiger partial charge in [-0.3, -0.25) is 9.59 Å². The Balaban J connectivity index is 1.78. The Kier molecular flexibility index (Phi) is 7.21. The summed E-state index contributed by atoms with van der Waals surface area (Å²) in [6, 6.07) is 5.37. The summed E-state index contributed by atoms with van der Waals surface area (Å²) in [5, 5.41) is 3.27.